The van der Waals surface area contributed by atoms with Gasteiger partial charge in [-0.25, -0.2) is 0 Å². The second-order valence-electron chi connectivity index (χ2n) is 6.49. The number of benzene rings is 2. The maximum atomic E-state index is 8.95. The number of nitriles is 1. The van der Waals surface area contributed by atoms with E-state index in [1.807, 2.05) is 18.2 Å². The van der Waals surface area contributed by atoms with Crippen molar-refractivity contribution in [3.63, 3.8) is 0 Å². The molecule has 2 aromatic carbocycles. The molecule has 0 bridgehead atoms. The van der Waals surface area contributed by atoms with Gasteiger partial charge < -0.3 is 5.73 Å². The van der Waals surface area contributed by atoms with Gasteiger partial charge >= 0.3 is 0 Å². The first-order chi connectivity index (χ1) is 11.5. The topological polar surface area (TPSA) is 49.8 Å². The van der Waals surface area contributed by atoms with Gasteiger partial charge in [0, 0.05) is 12.5 Å². The van der Waals surface area contributed by atoms with Gasteiger partial charge in [-0.05, 0) is 66.1 Å². The molecule has 2 aromatic rings. The van der Waals surface area contributed by atoms with Crippen LogP contribution in [0.25, 0.3) is 0 Å². The van der Waals surface area contributed by atoms with Crippen LogP contribution < -0.4 is 5.73 Å². The van der Waals surface area contributed by atoms with Crippen LogP contribution >= 0.6 is 0 Å². The Morgan fingerprint density at radius 3 is 2.38 bits per heavy atom. The van der Waals surface area contributed by atoms with E-state index in [9.17, 15) is 0 Å². The average molecular weight is 318 g/mol. The number of hydrogen-bond acceptors (Lipinski definition) is 2. The second kappa shape index (κ2) is 7.95. The first kappa shape index (κ1) is 18.0. The van der Waals surface area contributed by atoms with E-state index in [2.05, 4.69) is 57.7 Å². The van der Waals surface area contributed by atoms with Crippen molar-refractivity contribution >= 4 is 0 Å². The van der Waals surface area contributed by atoms with Gasteiger partial charge in [-0.1, -0.05) is 37.3 Å². The molecule has 0 saturated carbocycles. The van der Waals surface area contributed by atoms with Gasteiger partial charge in [-0.3, -0.25) is 0 Å². The zero-order chi connectivity index (χ0) is 17.7. The summed E-state index contributed by atoms with van der Waals surface area (Å²) in [7, 11) is 0. The summed E-state index contributed by atoms with van der Waals surface area (Å²) in [5.41, 5.74) is 13.2. The van der Waals surface area contributed by atoms with E-state index in [4.69, 9.17) is 11.0 Å². The number of hydrogen-bond donors (Lipinski definition) is 1. The summed E-state index contributed by atoms with van der Waals surface area (Å²) >= 11 is 0. The molecule has 2 heteroatoms. The lowest BCUT2D eigenvalue weighted by Gasteiger charge is -2.22. The van der Waals surface area contributed by atoms with E-state index >= 15 is 0 Å². The van der Waals surface area contributed by atoms with Crippen LogP contribution in [0.5, 0.6) is 0 Å². The fraction of sp³-hybridized carbons (Fsp3) is 0.318. The van der Waals surface area contributed by atoms with Gasteiger partial charge in [0.15, 0.2) is 0 Å². The number of aryl methyl sites for hydroxylation is 1. The molecule has 0 amide bonds. The predicted molar refractivity (Wildman–Crippen MR) is 101 cm³/mol. The maximum absolute atomic E-state index is 8.95. The van der Waals surface area contributed by atoms with Crippen LogP contribution in [-0.2, 0) is 6.42 Å². The molecule has 0 aliphatic rings. The van der Waals surface area contributed by atoms with Crippen LogP contribution in [0.2, 0.25) is 0 Å². The van der Waals surface area contributed by atoms with Gasteiger partial charge in [0.1, 0.15) is 0 Å². The molecule has 2 nitrogen and oxygen atoms in total. The Morgan fingerprint density at radius 2 is 1.83 bits per heavy atom. The molecule has 0 fully saturated rings. The molecule has 24 heavy (non-hydrogen) atoms. The van der Waals surface area contributed by atoms with Crippen molar-refractivity contribution in [1.82, 2.24) is 0 Å². The quantitative estimate of drug-likeness (QED) is 0.781. The van der Waals surface area contributed by atoms with Crippen LogP contribution in [0.15, 0.2) is 49.1 Å². The normalized spacial score (nSPS) is 13.1. The molecule has 0 aromatic heterocycles. The summed E-state index contributed by atoms with van der Waals surface area (Å²) in [6, 6.07) is 14.4. The van der Waals surface area contributed by atoms with Gasteiger partial charge in [0.05, 0.1) is 11.6 Å². The summed E-state index contributed by atoms with van der Waals surface area (Å²) < 4.78 is 0. The summed E-state index contributed by atoms with van der Waals surface area (Å²) in [5, 5.41) is 8.95. The van der Waals surface area contributed by atoms with Crippen molar-refractivity contribution in [2.75, 3.05) is 6.54 Å². The van der Waals surface area contributed by atoms with E-state index in [1.54, 1.807) is 0 Å². The monoisotopic (exact) mass is 318 g/mol. The zero-order valence-corrected chi connectivity index (χ0v) is 14.8. The molecule has 0 heterocycles. The van der Waals surface area contributed by atoms with Gasteiger partial charge in [0.2, 0.25) is 0 Å². The molecule has 2 N–H and O–H groups in total. The van der Waals surface area contributed by atoms with Crippen LogP contribution in [0, 0.1) is 25.2 Å². The van der Waals surface area contributed by atoms with Crippen molar-refractivity contribution < 1.29 is 0 Å². The molecular weight excluding hydrogens is 292 g/mol. The number of nitrogens with zero attached hydrogens (tertiary/aromatic N) is 1. The van der Waals surface area contributed by atoms with Gasteiger partial charge in [-0.2, -0.15) is 5.26 Å². The van der Waals surface area contributed by atoms with Crippen molar-refractivity contribution in [2.24, 2.45) is 5.73 Å². The molecule has 0 saturated heterocycles. The molecule has 2 rings (SSSR count). The highest BCUT2D eigenvalue weighted by molar-refractivity contribution is 5.44. The highest BCUT2D eigenvalue weighted by atomic mass is 14.5. The van der Waals surface area contributed by atoms with Crippen LogP contribution in [-0.4, -0.2) is 6.54 Å². The first-order valence-corrected chi connectivity index (χ1v) is 8.43. The smallest absolute Gasteiger partial charge is 0.0991 e. The minimum atomic E-state index is 0.187. The third kappa shape index (κ3) is 3.75. The van der Waals surface area contributed by atoms with E-state index in [0.29, 0.717) is 18.0 Å². The first-order valence-electron chi connectivity index (χ1n) is 8.43. The Hall–Kier alpha value is -2.37. The Balaban J connectivity index is 2.38. The van der Waals surface area contributed by atoms with Crippen molar-refractivity contribution in [1.29, 1.82) is 5.26 Å². The standard InChI is InChI=1S/C22H26N2/c1-5-19(14-24)21-11-6-15(2)17(4)22(21)12-16(3)20-9-7-18(13-23)8-10-20/h5-11,16,19H,1,12,14,24H2,2-4H3. The lowest BCUT2D eigenvalue weighted by Crippen LogP contribution is -2.14. The van der Waals surface area contributed by atoms with Crippen LogP contribution in [0.4, 0.5) is 0 Å². The third-order valence-electron chi connectivity index (χ3n) is 4.96. The molecule has 0 spiro atoms. The minimum absolute atomic E-state index is 0.187. The maximum Gasteiger partial charge on any atom is 0.0991 e. The largest absolute Gasteiger partial charge is 0.330 e. The van der Waals surface area contributed by atoms with E-state index in [1.165, 1.54) is 27.8 Å². The number of rotatable bonds is 6. The zero-order valence-electron chi connectivity index (χ0n) is 14.8. The van der Waals surface area contributed by atoms with Crippen molar-refractivity contribution in [3.05, 3.63) is 82.4 Å². The van der Waals surface area contributed by atoms with E-state index in [0.717, 1.165) is 6.42 Å². The van der Waals surface area contributed by atoms with E-state index < -0.39 is 0 Å². The van der Waals surface area contributed by atoms with Gasteiger partial charge in [0.25, 0.3) is 0 Å². The summed E-state index contributed by atoms with van der Waals surface area (Å²) in [6.45, 7) is 11.1. The minimum Gasteiger partial charge on any atom is -0.330 e. The van der Waals surface area contributed by atoms with Crippen LogP contribution in [0.1, 0.15) is 52.1 Å². The van der Waals surface area contributed by atoms with Gasteiger partial charge in [-0.15, -0.1) is 6.58 Å². The van der Waals surface area contributed by atoms with E-state index in [-0.39, 0.29) is 5.92 Å². The molecular formula is C22H26N2. The Morgan fingerprint density at radius 1 is 1.17 bits per heavy atom. The highest BCUT2D eigenvalue weighted by Crippen LogP contribution is 2.30. The SMILES string of the molecule is C=CC(CN)c1ccc(C)c(C)c1CC(C)c1ccc(C#N)cc1. The Kier molecular flexibility index (Phi) is 5.95. The highest BCUT2D eigenvalue weighted by Gasteiger charge is 2.17. The summed E-state index contributed by atoms with van der Waals surface area (Å²) in [4.78, 5) is 0. The lowest BCUT2D eigenvalue weighted by atomic mass is 9.83. The fourth-order valence-corrected chi connectivity index (χ4v) is 3.17. The molecule has 0 radical (unpaired) electrons. The average Bonchev–Trinajstić information content (AvgIpc) is 2.61. The molecule has 2 unspecified atom stereocenters. The summed E-state index contributed by atoms with van der Waals surface area (Å²) in [6.07, 6.45) is 2.90. The second-order valence-corrected chi connectivity index (χ2v) is 6.49. The Bertz CT molecular complexity index is 751. The molecule has 0 aliphatic heterocycles. The van der Waals surface area contributed by atoms with Crippen molar-refractivity contribution in [3.8, 4) is 6.07 Å². The van der Waals surface area contributed by atoms with Crippen molar-refractivity contribution in [2.45, 2.75) is 39.0 Å². The number of nitrogens with two attached hydrogens (primary N) is 1. The fourth-order valence-electron chi connectivity index (χ4n) is 3.17. The Labute approximate surface area is 145 Å². The van der Waals surface area contributed by atoms with Crippen LogP contribution in [0.3, 0.4) is 0 Å². The molecule has 124 valence electrons. The summed E-state index contributed by atoms with van der Waals surface area (Å²) in [5.74, 6) is 0.563. The molecule has 0 aliphatic carbocycles. The predicted octanol–water partition coefficient (Wildman–Crippen LogP) is 4.75. The lowest BCUT2D eigenvalue weighted by molar-refractivity contribution is 0.732. The third-order valence-corrected chi connectivity index (χ3v) is 4.96. The molecule has 2 atom stereocenters.